The van der Waals surface area contributed by atoms with E-state index in [0.717, 1.165) is 69.0 Å². The van der Waals surface area contributed by atoms with Crippen molar-refractivity contribution in [3.8, 4) is 11.5 Å². The zero-order valence-corrected chi connectivity index (χ0v) is 17.9. The van der Waals surface area contributed by atoms with Gasteiger partial charge in [0.25, 0.3) is 0 Å². The Bertz CT molecular complexity index is 730. The van der Waals surface area contributed by atoms with Gasteiger partial charge in [0.05, 0.1) is 24.4 Å². The molecule has 0 atom stereocenters. The molecule has 29 heavy (non-hydrogen) atoms. The van der Waals surface area contributed by atoms with E-state index in [1.807, 2.05) is 29.6 Å². The number of nitrogens with zero attached hydrogens (tertiary/aromatic N) is 2. The van der Waals surface area contributed by atoms with Crippen LogP contribution in [0.15, 0.2) is 35.2 Å². The van der Waals surface area contributed by atoms with Crippen molar-refractivity contribution >= 4 is 17.4 Å². The highest BCUT2D eigenvalue weighted by molar-refractivity contribution is 7.07. The summed E-state index contributed by atoms with van der Waals surface area (Å²) in [5.41, 5.74) is 2.54. The molecule has 1 aliphatic heterocycles. The van der Waals surface area contributed by atoms with E-state index in [2.05, 4.69) is 11.9 Å². The molecule has 1 saturated heterocycles. The highest BCUT2D eigenvalue weighted by Crippen LogP contribution is 2.23. The van der Waals surface area contributed by atoms with Crippen molar-refractivity contribution in [1.29, 1.82) is 0 Å². The van der Waals surface area contributed by atoms with Gasteiger partial charge in [-0.05, 0) is 43.7 Å². The summed E-state index contributed by atoms with van der Waals surface area (Å²) >= 11 is 1.50. The number of hydrogen-bond donors (Lipinski definition) is 0. The Morgan fingerprint density at radius 1 is 1.21 bits per heavy atom. The van der Waals surface area contributed by atoms with Gasteiger partial charge < -0.3 is 19.1 Å². The normalized spacial score (nSPS) is 14.6. The second-order valence-electron chi connectivity index (χ2n) is 7.28. The fraction of sp³-hybridized carbons (Fsp3) is 0.545. The van der Waals surface area contributed by atoms with Gasteiger partial charge in [-0.15, -0.1) is 11.3 Å². The lowest BCUT2D eigenvalue weighted by atomic mass is 9.94. The molecule has 0 radical (unpaired) electrons. The maximum absolute atomic E-state index is 12.2. The van der Waals surface area contributed by atoms with Crippen molar-refractivity contribution in [3.63, 3.8) is 0 Å². The molecule has 158 valence electrons. The Kier molecular flexibility index (Phi) is 8.61. The number of piperidine rings is 1. The summed E-state index contributed by atoms with van der Waals surface area (Å²) in [5, 5.41) is 1.90. The second kappa shape index (κ2) is 11.7. The van der Waals surface area contributed by atoms with Gasteiger partial charge >= 0.3 is 6.09 Å². The molecule has 0 saturated carbocycles. The smallest absolute Gasteiger partial charge is 0.410 e. The minimum Gasteiger partial charge on any atom is -0.493 e. The number of rotatable bonds is 10. The number of carbonyl (C=O) groups excluding carboxylic acids is 1. The van der Waals surface area contributed by atoms with Gasteiger partial charge in [-0.3, -0.25) is 0 Å². The number of thiazole rings is 1. The Morgan fingerprint density at radius 2 is 1.97 bits per heavy atom. The van der Waals surface area contributed by atoms with Crippen LogP contribution in [-0.4, -0.2) is 42.3 Å². The maximum atomic E-state index is 12.2. The van der Waals surface area contributed by atoms with Gasteiger partial charge in [-0.2, -0.15) is 0 Å². The lowest BCUT2D eigenvalue weighted by Crippen LogP contribution is -2.39. The van der Waals surface area contributed by atoms with Crippen molar-refractivity contribution in [2.24, 2.45) is 5.92 Å². The minimum absolute atomic E-state index is 0.243. The van der Waals surface area contributed by atoms with Crippen molar-refractivity contribution in [3.05, 3.63) is 40.8 Å². The van der Waals surface area contributed by atoms with E-state index in [9.17, 15) is 4.79 Å². The van der Waals surface area contributed by atoms with Crippen molar-refractivity contribution in [2.45, 2.75) is 45.6 Å². The Hall–Kier alpha value is -2.28. The van der Waals surface area contributed by atoms with Crippen LogP contribution in [0.25, 0.3) is 0 Å². The first kappa shape index (κ1) is 21.4. The summed E-state index contributed by atoms with van der Waals surface area (Å²) < 4.78 is 17.0. The molecule has 7 heteroatoms. The van der Waals surface area contributed by atoms with Crippen LogP contribution in [0.5, 0.6) is 11.5 Å². The van der Waals surface area contributed by atoms with E-state index in [-0.39, 0.29) is 12.7 Å². The summed E-state index contributed by atoms with van der Waals surface area (Å²) in [6, 6.07) is 7.85. The van der Waals surface area contributed by atoms with E-state index in [0.29, 0.717) is 12.5 Å². The molecule has 0 aliphatic carbocycles. The molecule has 0 N–H and O–H groups in total. The summed E-state index contributed by atoms with van der Waals surface area (Å²) in [6.07, 6.45) is 4.89. The third kappa shape index (κ3) is 7.24. The Labute approximate surface area is 176 Å². The average molecular weight is 419 g/mol. The summed E-state index contributed by atoms with van der Waals surface area (Å²) in [5.74, 6) is 2.28. The van der Waals surface area contributed by atoms with Crippen LogP contribution >= 0.6 is 11.3 Å². The standard InChI is InChI=1S/C22H30N2O4S/c1-2-3-12-26-20-5-4-6-21(14-20)27-13-9-18-7-10-24(11-8-18)22(25)28-15-19-16-29-17-23-19/h4-6,14,16-18H,2-3,7-13,15H2,1H3. The predicted molar refractivity (Wildman–Crippen MR) is 114 cm³/mol. The largest absolute Gasteiger partial charge is 0.493 e. The molecule has 1 aliphatic rings. The monoisotopic (exact) mass is 418 g/mol. The second-order valence-corrected chi connectivity index (χ2v) is 8.00. The first-order chi connectivity index (χ1) is 14.2. The van der Waals surface area contributed by atoms with Crippen LogP contribution in [0.2, 0.25) is 0 Å². The van der Waals surface area contributed by atoms with E-state index in [4.69, 9.17) is 14.2 Å². The topological polar surface area (TPSA) is 60.9 Å². The molecule has 3 rings (SSSR count). The molecule has 6 nitrogen and oxygen atoms in total. The van der Waals surface area contributed by atoms with Crippen molar-refractivity contribution in [1.82, 2.24) is 9.88 Å². The zero-order valence-electron chi connectivity index (χ0n) is 17.0. The van der Waals surface area contributed by atoms with Crippen LogP contribution in [0, 0.1) is 5.92 Å². The summed E-state index contributed by atoms with van der Waals surface area (Å²) in [6.45, 7) is 5.29. The Balaban J connectivity index is 1.32. The van der Waals surface area contributed by atoms with E-state index >= 15 is 0 Å². The van der Waals surface area contributed by atoms with Crippen molar-refractivity contribution in [2.75, 3.05) is 26.3 Å². The van der Waals surface area contributed by atoms with Gasteiger partial charge in [0.15, 0.2) is 0 Å². The minimum atomic E-state index is -0.243. The SMILES string of the molecule is CCCCOc1cccc(OCCC2CCN(C(=O)OCc3cscn3)CC2)c1. The van der Waals surface area contributed by atoms with E-state index < -0.39 is 0 Å². The van der Waals surface area contributed by atoms with Gasteiger partial charge in [0.2, 0.25) is 0 Å². The molecule has 2 heterocycles. The number of carbonyl (C=O) groups is 1. The third-order valence-corrected chi connectivity index (χ3v) is 5.70. The highest BCUT2D eigenvalue weighted by atomic mass is 32.1. The molecule has 0 spiro atoms. The number of amides is 1. The molecular weight excluding hydrogens is 388 g/mol. The van der Waals surface area contributed by atoms with Gasteiger partial charge in [0.1, 0.15) is 18.1 Å². The van der Waals surface area contributed by atoms with Gasteiger partial charge in [-0.1, -0.05) is 19.4 Å². The molecule has 0 unspecified atom stereocenters. The third-order valence-electron chi connectivity index (χ3n) is 5.07. The van der Waals surface area contributed by atoms with Gasteiger partial charge in [-0.25, -0.2) is 9.78 Å². The van der Waals surface area contributed by atoms with E-state index in [1.165, 1.54) is 11.3 Å². The fourth-order valence-electron chi connectivity index (χ4n) is 3.27. The number of likely N-dealkylation sites (tertiary alicyclic amines) is 1. The molecule has 1 aromatic heterocycles. The Morgan fingerprint density at radius 3 is 2.66 bits per heavy atom. The van der Waals surface area contributed by atoms with Crippen LogP contribution < -0.4 is 9.47 Å². The lowest BCUT2D eigenvalue weighted by Gasteiger charge is -2.31. The zero-order chi connectivity index (χ0) is 20.3. The predicted octanol–water partition coefficient (Wildman–Crippen LogP) is 5.14. The van der Waals surface area contributed by atoms with Crippen LogP contribution in [-0.2, 0) is 11.3 Å². The number of hydrogen-bond acceptors (Lipinski definition) is 6. The number of benzene rings is 1. The summed E-state index contributed by atoms with van der Waals surface area (Å²) in [7, 11) is 0. The average Bonchev–Trinajstić information content (AvgIpc) is 3.27. The molecule has 1 amide bonds. The molecule has 1 aromatic carbocycles. The number of ether oxygens (including phenoxy) is 3. The first-order valence-corrected chi connectivity index (χ1v) is 11.3. The lowest BCUT2D eigenvalue weighted by molar-refractivity contribution is 0.0792. The molecule has 0 bridgehead atoms. The maximum Gasteiger partial charge on any atom is 0.410 e. The van der Waals surface area contributed by atoms with Crippen molar-refractivity contribution < 1.29 is 19.0 Å². The first-order valence-electron chi connectivity index (χ1n) is 10.4. The molecule has 2 aromatic rings. The number of aromatic nitrogens is 1. The number of unbranched alkanes of at least 4 members (excludes halogenated alkanes) is 1. The fourth-order valence-corrected chi connectivity index (χ4v) is 3.81. The van der Waals surface area contributed by atoms with Gasteiger partial charge in [0, 0.05) is 24.5 Å². The van der Waals surface area contributed by atoms with Crippen LogP contribution in [0.3, 0.4) is 0 Å². The highest BCUT2D eigenvalue weighted by Gasteiger charge is 2.23. The molecular formula is C22H30N2O4S. The van der Waals surface area contributed by atoms with E-state index in [1.54, 1.807) is 10.4 Å². The van der Waals surface area contributed by atoms with Crippen LogP contribution in [0.4, 0.5) is 4.79 Å². The summed E-state index contributed by atoms with van der Waals surface area (Å²) in [4.78, 5) is 18.1. The van der Waals surface area contributed by atoms with Crippen LogP contribution in [0.1, 0.15) is 44.7 Å². The molecule has 1 fully saturated rings. The quantitative estimate of drug-likeness (QED) is 0.500.